The maximum Gasteiger partial charge on any atom is 0.159 e. The van der Waals surface area contributed by atoms with E-state index in [9.17, 15) is 5.26 Å². The molecule has 1 saturated carbocycles. The summed E-state index contributed by atoms with van der Waals surface area (Å²) >= 11 is 0. The van der Waals surface area contributed by atoms with Crippen molar-refractivity contribution in [3.8, 4) is 6.07 Å². The summed E-state index contributed by atoms with van der Waals surface area (Å²) in [6.07, 6.45) is 8.59. The van der Waals surface area contributed by atoms with Crippen molar-refractivity contribution in [2.45, 2.75) is 76.1 Å². The monoisotopic (exact) mass is 480 g/mol. The molecule has 3 aromatic rings. The van der Waals surface area contributed by atoms with Gasteiger partial charge in [-0.1, -0.05) is 26.6 Å². The summed E-state index contributed by atoms with van der Waals surface area (Å²) in [4.78, 5) is 9.41. The first-order chi connectivity index (χ1) is 16.3. The van der Waals surface area contributed by atoms with E-state index < -0.39 is 8.07 Å². The second-order valence-corrected chi connectivity index (χ2v) is 17.1. The molecule has 0 radical (unpaired) electrons. The number of hydrogen-bond acceptors (Lipinski definition) is 6. The Morgan fingerprint density at radius 3 is 2.79 bits per heavy atom. The van der Waals surface area contributed by atoms with Crippen LogP contribution in [0.25, 0.3) is 16.8 Å². The van der Waals surface area contributed by atoms with E-state index in [-0.39, 0.29) is 5.54 Å². The highest BCUT2D eigenvalue weighted by Gasteiger charge is 2.43. The van der Waals surface area contributed by atoms with Crippen molar-refractivity contribution in [1.82, 2.24) is 24.3 Å². The minimum absolute atomic E-state index is 0.169. The Morgan fingerprint density at radius 2 is 2.09 bits per heavy atom. The van der Waals surface area contributed by atoms with E-state index in [2.05, 4.69) is 59.2 Å². The van der Waals surface area contributed by atoms with E-state index >= 15 is 0 Å². The summed E-state index contributed by atoms with van der Waals surface area (Å²) < 4.78 is 15.8. The Hall–Kier alpha value is -2.25. The summed E-state index contributed by atoms with van der Waals surface area (Å²) in [5.41, 5.74) is 3.97. The molecule has 0 spiro atoms. The van der Waals surface area contributed by atoms with Crippen LogP contribution < -0.4 is 5.32 Å². The third-order valence-electron chi connectivity index (χ3n) is 7.45. The molecule has 0 amide bonds. The van der Waals surface area contributed by atoms with Crippen LogP contribution in [-0.2, 0) is 16.2 Å². The predicted molar refractivity (Wildman–Crippen MR) is 134 cm³/mol. The van der Waals surface area contributed by atoms with Crippen molar-refractivity contribution < 1.29 is 9.47 Å². The lowest BCUT2D eigenvalue weighted by Crippen LogP contribution is -2.62. The second-order valence-electron chi connectivity index (χ2n) is 11.5. The maximum atomic E-state index is 9.25. The number of hydrogen-bond donors (Lipinski definition) is 1. The third kappa shape index (κ3) is 4.52. The van der Waals surface area contributed by atoms with E-state index in [0.29, 0.717) is 44.2 Å². The van der Waals surface area contributed by atoms with Crippen LogP contribution in [-0.4, -0.2) is 58.4 Å². The van der Waals surface area contributed by atoms with Gasteiger partial charge in [-0.3, -0.25) is 4.40 Å². The first kappa shape index (κ1) is 23.5. The van der Waals surface area contributed by atoms with E-state index in [1.54, 1.807) is 0 Å². The lowest BCUT2D eigenvalue weighted by Gasteiger charge is -2.42. The van der Waals surface area contributed by atoms with Crippen LogP contribution >= 0.6 is 0 Å². The quantitative estimate of drug-likeness (QED) is 0.366. The molecular formula is C25H36N6O2Si. The summed E-state index contributed by atoms with van der Waals surface area (Å²) in [7, 11) is -1.10. The zero-order valence-corrected chi connectivity index (χ0v) is 21.8. The lowest BCUT2D eigenvalue weighted by molar-refractivity contribution is -0.0769. The SMILES string of the molecule is C[C@@H]1C[C@H](NC2(CC#N)COC2)C[C@@H]1c1cnc2cnc3c(ccn3COCC[Si](C)(C)C)n12. The van der Waals surface area contributed by atoms with Crippen molar-refractivity contribution in [2.24, 2.45) is 5.92 Å². The first-order valence-corrected chi connectivity index (χ1v) is 16.1. The highest BCUT2D eigenvalue weighted by molar-refractivity contribution is 6.76. The standard InChI is InChI=1S/C25H36N6O2Si/c1-18-11-19(29-25(6-7-26)15-33-16-25)12-20(18)22-13-27-23-14-28-24-21(31(22)23)5-8-30(24)17-32-9-10-34(2,3)4/h5,8,13-14,18-20,29H,6,9-12,15-17H2,1-4H3/t18-,19+,20+/m1/s1. The Balaban J connectivity index is 1.36. The largest absolute Gasteiger partial charge is 0.377 e. The molecule has 2 fully saturated rings. The number of rotatable bonds is 9. The van der Waals surface area contributed by atoms with Crippen LogP contribution in [0.1, 0.15) is 37.8 Å². The molecule has 9 heteroatoms. The highest BCUT2D eigenvalue weighted by Crippen LogP contribution is 2.41. The normalized spacial score (nSPS) is 24.5. The van der Waals surface area contributed by atoms with Crippen LogP contribution in [0.2, 0.25) is 25.7 Å². The van der Waals surface area contributed by atoms with Crippen molar-refractivity contribution in [2.75, 3.05) is 19.8 Å². The van der Waals surface area contributed by atoms with E-state index in [1.807, 2.05) is 12.4 Å². The van der Waals surface area contributed by atoms with Gasteiger partial charge in [-0.15, -0.1) is 0 Å². The summed E-state index contributed by atoms with van der Waals surface area (Å²) in [5.74, 6) is 0.919. The number of fused-ring (bicyclic) bond motifs is 3. The fraction of sp³-hybridized carbons (Fsp3) is 0.640. The van der Waals surface area contributed by atoms with Crippen molar-refractivity contribution in [3.05, 3.63) is 30.4 Å². The number of nitriles is 1. The predicted octanol–water partition coefficient (Wildman–Crippen LogP) is 4.15. The molecule has 2 aliphatic rings. The summed E-state index contributed by atoms with van der Waals surface area (Å²) in [6, 6.07) is 6.00. The fourth-order valence-corrected chi connectivity index (χ4v) is 6.23. The lowest BCUT2D eigenvalue weighted by atomic mass is 9.92. The minimum atomic E-state index is -1.10. The van der Waals surface area contributed by atoms with Crippen molar-refractivity contribution >= 4 is 24.9 Å². The van der Waals surface area contributed by atoms with E-state index in [0.717, 1.165) is 42.3 Å². The van der Waals surface area contributed by atoms with E-state index in [4.69, 9.17) is 19.4 Å². The Morgan fingerprint density at radius 1 is 1.26 bits per heavy atom. The topological polar surface area (TPSA) is 89.4 Å². The summed E-state index contributed by atoms with van der Waals surface area (Å²) in [6.45, 7) is 12.0. The van der Waals surface area contributed by atoms with Crippen molar-refractivity contribution in [3.63, 3.8) is 0 Å². The second kappa shape index (κ2) is 9.08. The van der Waals surface area contributed by atoms with Crippen LogP contribution in [0.5, 0.6) is 0 Å². The van der Waals surface area contributed by atoms with Gasteiger partial charge in [-0.05, 0) is 30.9 Å². The molecule has 1 aliphatic carbocycles. The molecule has 3 atom stereocenters. The van der Waals surface area contributed by atoms with Gasteiger partial charge >= 0.3 is 0 Å². The fourth-order valence-electron chi connectivity index (χ4n) is 5.47. The van der Waals surface area contributed by atoms with Crippen molar-refractivity contribution in [1.29, 1.82) is 5.26 Å². The molecule has 1 N–H and O–H groups in total. The molecule has 1 aliphatic heterocycles. The van der Waals surface area contributed by atoms with Gasteiger partial charge < -0.3 is 19.4 Å². The van der Waals surface area contributed by atoms with Gasteiger partial charge in [0, 0.05) is 44.7 Å². The number of nitrogens with zero attached hydrogens (tertiary/aromatic N) is 5. The number of ether oxygens (including phenoxy) is 2. The third-order valence-corrected chi connectivity index (χ3v) is 9.15. The minimum Gasteiger partial charge on any atom is -0.377 e. The zero-order valence-electron chi connectivity index (χ0n) is 20.8. The smallest absolute Gasteiger partial charge is 0.159 e. The van der Waals surface area contributed by atoms with Gasteiger partial charge in [0.2, 0.25) is 0 Å². The number of imidazole rings is 1. The van der Waals surface area contributed by atoms with Crippen LogP contribution in [0.3, 0.4) is 0 Å². The van der Waals surface area contributed by atoms with Gasteiger partial charge in [0.15, 0.2) is 11.3 Å². The molecule has 182 valence electrons. The molecule has 4 heterocycles. The molecule has 3 aromatic heterocycles. The molecule has 0 bridgehead atoms. The first-order valence-electron chi connectivity index (χ1n) is 12.4. The van der Waals surface area contributed by atoms with Gasteiger partial charge in [0.1, 0.15) is 6.73 Å². The average molecular weight is 481 g/mol. The van der Waals surface area contributed by atoms with Gasteiger partial charge in [0.05, 0.1) is 43.0 Å². The van der Waals surface area contributed by atoms with Crippen LogP contribution in [0.15, 0.2) is 24.7 Å². The Labute approximate surface area is 202 Å². The molecule has 34 heavy (non-hydrogen) atoms. The molecule has 0 unspecified atom stereocenters. The Kier molecular flexibility index (Phi) is 6.27. The van der Waals surface area contributed by atoms with Gasteiger partial charge in [-0.25, -0.2) is 9.97 Å². The van der Waals surface area contributed by atoms with Crippen LogP contribution in [0.4, 0.5) is 0 Å². The molecule has 5 rings (SSSR count). The van der Waals surface area contributed by atoms with Gasteiger partial charge in [0.25, 0.3) is 0 Å². The number of aromatic nitrogens is 4. The molecule has 1 saturated heterocycles. The maximum absolute atomic E-state index is 9.25. The summed E-state index contributed by atoms with van der Waals surface area (Å²) in [5, 5.41) is 13.0. The number of nitrogens with one attached hydrogen (secondary N) is 1. The van der Waals surface area contributed by atoms with Gasteiger partial charge in [-0.2, -0.15) is 5.26 Å². The Bertz CT molecular complexity index is 1200. The molecule has 0 aromatic carbocycles. The zero-order chi connectivity index (χ0) is 23.9. The highest BCUT2D eigenvalue weighted by atomic mass is 28.3. The molecular weight excluding hydrogens is 444 g/mol. The van der Waals surface area contributed by atoms with Crippen LogP contribution in [0, 0.1) is 17.2 Å². The average Bonchev–Trinajstić information content (AvgIpc) is 3.45. The van der Waals surface area contributed by atoms with E-state index in [1.165, 1.54) is 5.69 Å². The molecule has 8 nitrogen and oxygen atoms in total.